The number of fused-ring (bicyclic) bond motifs is 1. The number of anilines is 1. The lowest BCUT2D eigenvalue weighted by Gasteiger charge is -2.17. The maximum Gasteiger partial charge on any atom is 0.262 e. The fraction of sp³-hybridized carbons (Fsp3) is 0.364. The Bertz CT molecular complexity index is 878. The average molecular weight is 432 g/mol. The normalized spacial score (nSPS) is 19.6. The summed E-state index contributed by atoms with van der Waals surface area (Å²) in [4.78, 5) is 26.7. The average Bonchev–Trinajstić information content (AvgIpc) is 3.35. The maximum atomic E-state index is 12.7. The zero-order chi connectivity index (χ0) is 20.2. The molecule has 2 aliphatic rings. The summed E-state index contributed by atoms with van der Waals surface area (Å²) >= 11 is 0. The van der Waals surface area contributed by atoms with Gasteiger partial charge in [0.05, 0.1) is 7.11 Å². The summed E-state index contributed by atoms with van der Waals surface area (Å²) in [6.45, 7) is 3.52. The van der Waals surface area contributed by atoms with Crippen molar-refractivity contribution in [2.45, 2.75) is 0 Å². The minimum absolute atomic E-state index is 0. The minimum atomic E-state index is -0.268. The number of likely N-dealkylation sites (tertiary alicyclic amines) is 1. The predicted octanol–water partition coefficient (Wildman–Crippen LogP) is 2.43. The molecule has 0 bridgehead atoms. The molecule has 7 nitrogen and oxygen atoms in total. The maximum absolute atomic E-state index is 12.7. The number of benzene rings is 2. The van der Waals surface area contributed by atoms with Crippen LogP contribution in [0.5, 0.6) is 11.5 Å². The zero-order valence-corrected chi connectivity index (χ0v) is 17.6. The van der Waals surface area contributed by atoms with Gasteiger partial charge in [-0.3, -0.25) is 9.59 Å². The summed E-state index contributed by atoms with van der Waals surface area (Å²) in [5, 5.41) is 6.14. The van der Waals surface area contributed by atoms with Gasteiger partial charge >= 0.3 is 0 Å². The number of hydrogen-bond donors (Lipinski definition) is 2. The molecule has 30 heavy (non-hydrogen) atoms. The van der Waals surface area contributed by atoms with E-state index in [-0.39, 0.29) is 30.8 Å². The van der Waals surface area contributed by atoms with Gasteiger partial charge in [0, 0.05) is 43.5 Å². The van der Waals surface area contributed by atoms with Crippen LogP contribution in [0.4, 0.5) is 5.69 Å². The van der Waals surface area contributed by atoms with Crippen molar-refractivity contribution in [3.05, 3.63) is 54.1 Å². The first kappa shape index (κ1) is 21.9. The first-order valence-electron chi connectivity index (χ1n) is 9.79. The first-order chi connectivity index (χ1) is 14.1. The number of carbonyl (C=O) groups excluding carboxylic acids is 2. The Balaban J connectivity index is 0.00000256. The van der Waals surface area contributed by atoms with E-state index in [4.69, 9.17) is 9.47 Å². The lowest BCUT2D eigenvalue weighted by molar-refractivity contribution is -0.118. The molecule has 8 heteroatoms. The van der Waals surface area contributed by atoms with E-state index in [9.17, 15) is 9.59 Å². The Labute approximate surface area is 182 Å². The van der Waals surface area contributed by atoms with E-state index >= 15 is 0 Å². The third-order valence-electron chi connectivity index (χ3n) is 5.50. The molecule has 2 heterocycles. The Morgan fingerprint density at radius 3 is 2.43 bits per heavy atom. The Kier molecular flexibility index (Phi) is 7.18. The van der Waals surface area contributed by atoms with Gasteiger partial charge in [-0.1, -0.05) is 6.07 Å². The standard InChI is InChI=1S/C22H25N3O4.ClH/c1-28-20-4-2-3-18(9-20)24-21(26)14-29-19-7-5-15(6-8-19)22(27)25-12-16-10-23-11-17(16)13-25;/h2-9,16-17,23H,10-14H2,1H3,(H,24,26);1H/t16-,17+;. The topological polar surface area (TPSA) is 79.9 Å². The van der Waals surface area contributed by atoms with Gasteiger partial charge in [-0.25, -0.2) is 0 Å². The highest BCUT2D eigenvalue weighted by Gasteiger charge is 2.38. The zero-order valence-electron chi connectivity index (χ0n) is 16.8. The summed E-state index contributed by atoms with van der Waals surface area (Å²) in [7, 11) is 1.57. The van der Waals surface area contributed by atoms with Crippen LogP contribution in [0.2, 0.25) is 0 Å². The SMILES string of the molecule is COc1cccc(NC(=O)COc2ccc(C(=O)N3C[C@H]4CNC[C@H]4C3)cc2)c1.Cl. The largest absolute Gasteiger partial charge is 0.497 e. The molecule has 2 fully saturated rings. The van der Waals surface area contributed by atoms with Crippen molar-refractivity contribution >= 4 is 29.9 Å². The van der Waals surface area contributed by atoms with E-state index in [0.717, 1.165) is 26.2 Å². The number of ether oxygens (including phenoxy) is 2. The molecule has 2 amide bonds. The molecule has 2 aliphatic heterocycles. The smallest absolute Gasteiger partial charge is 0.262 e. The van der Waals surface area contributed by atoms with Crippen LogP contribution in [0, 0.1) is 11.8 Å². The van der Waals surface area contributed by atoms with Gasteiger partial charge in [-0.05, 0) is 48.2 Å². The highest BCUT2D eigenvalue weighted by molar-refractivity contribution is 5.94. The van der Waals surface area contributed by atoms with E-state index in [1.807, 2.05) is 4.90 Å². The quantitative estimate of drug-likeness (QED) is 0.734. The molecule has 2 aromatic rings. The molecule has 0 saturated carbocycles. The lowest BCUT2D eigenvalue weighted by Crippen LogP contribution is -2.31. The fourth-order valence-corrected chi connectivity index (χ4v) is 3.94. The number of halogens is 1. The monoisotopic (exact) mass is 431 g/mol. The third kappa shape index (κ3) is 5.04. The Hall–Kier alpha value is -2.77. The van der Waals surface area contributed by atoms with Crippen molar-refractivity contribution in [2.24, 2.45) is 11.8 Å². The summed E-state index contributed by atoms with van der Waals surface area (Å²) in [5.41, 5.74) is 1.29. The van der Waals surface area contributed by atoms with E-state index < -0.39 is 0 Å². The van der Waals surface area contributed by atoms with Crippen LogP contribution in [0.15, 0.2) is 48.5 Å². The molecule has 0 radical (unpaired) electrons. The molecule has 0 spiro atoms. The van der Waals surface area contributed by atoms with Gasteiger partial charge in [0.25, 0.3) is 11.8 Å². The number of carbonyl (C=O) groups is 2. The number of nitrogens with zero attached hydrogens (tertiary/aromatic N) is 1. The first-order valence-corrected chi connectivity index (χ1v) is 9.79. The summed E-state index contributed by atoms with van der Waals surface area (Å²) < 4.78 is 10.7. The van der Waals surface area contributed by atoms with Crippen LogP contribution in [0.1, 0.15) is 10.4 Å². The van der Waals surface area contributed by atoms with Crippen LogP contribution >= 0.6 is 12.4 Å². The molecular formula is C22H26ClN3O4. The van der Waals surface area contributed by atoms with Crippen molar-refractivity contribution in [3.8, 4) is 11.5 Å². The van der Waals surface area contributed by atoms with Crippen molar-refractivity contribution in [2.75, 3.05) is 45.2 Å². The molecule has 2 aromatic carbocycles. The second-order valence-electron chi connectivity index (χ2n) is 7.48. The van der Waals surface area contributed by atoms with Gasteiger partial charge < -0.3 is 25.0 Å². The van der Waals surface area contributed by atoms with Crippen molar-refractivity contribution in [1.29, 1.82) is 0 Å². The highest BCUT2D eigenvalue weighted by atomic mass is 35.5. The Morgan fingerprint density at radius 1 is 1.07 bits per heavy atom. The Morgan fingerprint density at radius 2 is 1.77 bits per heavy atom. The van der Waals surface area contributed by atoms with Crippen molar-refractivity contribution < 1.29 is 19.1 Å². The molecular weight excluding hydrogens is 406 g/mol. The summed E-state index contributed by atoms with van der Waals surface area (Å²) in [6, 6.07) is 14.1. The lowest BCUT2D eigenvalue weighted by atomic mass is 10.0. The number of nitrogens with one attached hydrogen (secondary N) is 2. The van der Waals surface area contributed by atoms with Crippen molar-refractivity contribution in [1.82, 2.24) is 10.2 Å². The van der Waals surface area contributed by atoms with Crippen molar-refractivity contribution in [3.63, 3.8) is 0 Å². The highest BCUT2D eigenvalue weighted by Crippen LogP contribution is 2.27. The number of rotatable bonds is 6. The van der Waals surface area contributed by atoms with Crippen LogP contribution < -0.4 is 20.1 Å². The van der Waals surface area contributed by atoms with Crippen LogP contribution in [0.25, 0.3) is 0 Å². The fourth-order valence-electron chi connectivity index (χ4n) is 3.94. The van der Waals surface area contributed by atoms with E-state index in [0.29, 0.717) is 34.6 Å². The second kappa shape index (κ2) is 9.82. The van der Waals surface area contributed by atoms with Gasteiger partial charge in [0.15, 0.2) is 6.61 Å². The van der Waals surface area contributed by atoms with Gasteiger partial charge in [-0.15, -0.1) is 12.4 Å². The molecule has 0 aromatic heterocycles. The predicted molar refractivity (Wildman–Crippen MR) is 117 cm³/mol. The number of methoxy groups -OCH3 is 1. The molecule has 2 atom stereocenters. The minimum Gasteiger partial charge on any atom is -0.497 e. The van der Waals surface area contributed by atoms with Gasteiger partial charge in [0.2, 0.25) is 0 Å². The van der Waals surface area contributed by atoms with Crippen LogP contribution in [-0.2, 0) is 4.79 Å². The third-order valence-corrected chi connectivity index (χ3v) is 5.50. The summed E-state index contributed by atoms with van der Waals surface area (Å²) in [5.74, 6) is 2.15. The number of hydrogen-bond acceptors (Lipinski definition) is 5. The molecule has 2 N–H and O–H groups in total. The molecule has 2 saturated heterocycles. The molecule has 4 rings (SSSR count). The second-order valence-corrected chi connectivity index (χ2v) is 7.48. The number of amides is 2. The molecule has 0 unspecified atom stereocenters. The van der Waals surface area contributed by atoms with Crippen LogP contribution in [0.3, 0.4) is 0 Å². The van der Waals surface area contributed by atoms with Gasteiger partial charge in [-0.2, -0.15) is 0 Å². The van der Waals surface area contributed by atoms with E-state index in [1.165, 1.54) is 0 Å². The molecule has 0 aliphatic carbocycles. The van der Waals surface area contributed by atoms with E-state index in [1.54, 1.807) is 55.6 Å². The van der Waals surface area contributed by atoms with Crippen LogP contribution in [-0.4, -0.2) is 56.6 Å². The molecule has 160 valence electrons. The summed E-state index contributed by atoms with van der Waals surface area (Å²) in [6.07, 6.45) is 0. The van der Waals surface area contributed by atoms with E-state index in [2.05, 4.69) is 10.6 Å². The van der Waals surface area contributed by atoms with Gasteiger partial charge in [0.1, 0.15) is 11.5 Å².